The van der Waals surface area contributed by atoms with Crippen molar-refractivity contribution in [3.8, 4) is 11.3 Å². The molecule has 0 radical (unpaired) electrons. The summed E-state index contributed by atoms with van der Waals surface area (Å²) in [7, 11) is 0. The zero-order valence-corrected chi connectivity index (χ0v) is 11.0. The van der Waals surface area contributed by atoms with E-state index in [0.717, 1.165) is 16.5 Å². The van der Waals surface area contributed by atoms with Crippen LogP contribution in [0.2, 0.25) is 0 Å². The number of hydrogen-bond donors (Lipinski definition) is 1. The van der Waals surface area contributed by atoms with Gasteiger partial charge in [0.1, 0.15) is 11.3 Å². The average molecular weight is 268 g/mol. The van der Waals surface area contributed by atoms with Crippen molar-refractivity contribution in [1.29, 1.82) is 0 Å². The third-order valence-corrected chi connectivity index (χ3v) is 3.55. The van der Waals surface area contributed by atoms with Crippen molar-refractivity contribution < 1.29 is 9.52 Å². The molecule has 0 fully saturated rings. The largest absolute Gasteiger partial charge is 0.456 e. The Hall–Kier alpha value is -1.97. The van der Waals surface area contributed by atoms with Gasteiger partial charge in [-0.2, -0.15) is 0 Å². The molecule has 0 atom stereocenters. The Labute approximate surface area is 115 Å². The van der Waals surface area contributed by atoms with Crippen molar-refractivity contribution in [2.45, 2.75) is 6.61 Å². The van der Waals surface area contributed by atoms with Crippen LogP contribution in [0.5, 0.6) is 0 Å². The molecule has 3 aromatic rings. The predicted molar refractivity (Wildman–Crippen MR) is 78.4 cm³/mol. The number of rotatable bonds is 2. The summed E-state index contributed by atoms with van der Waals surface area (Å²) in [5.41, 5.74) is 2.33. The van der Waals surface area contributed by atoms with E-state index in [1.807, 2.05) is 54.6 Å². The fourth-order valence-corrected chi connectivity index (χ4v) is 2.47. The molecule has 0 aliphatic rings. The Kier molecular flexibility index (Phi) is 3.15. The number of aliphatic hydroxyl groups excluding tert-OH is 1. The molecule has 0 aliphatic heterocycles. The summed E-state index contributed by atoms with van der Waals surface area (Å²) < 4.78 is 6.58. The molecule has 0 bridgehead atoms. The van der Waals surface area contributed by atoms with Crippen LogP contribution >= 0.6 is 12.2 Å². The predicted octanol–water partition coefficient (Wildman–Crippen LogP) is 4.32. The minimum atomic E-state index is -0.128. The van der Waals surface area contributed by atoms with Crippen molar-refractivity contribution in [2.75, 3.05) is 0 Å². The second-order valence-electron chi connectivity index (χ2n) is 4.26. The van der Waals surface area contributed by atoms with Gasteiger partial charge in [0.2, 0.25) is 0 Å². The highest BCUT2D eigenvalue weighted by atomic mass is 32.1. The van der Waals surface area contributed by atoms with E-state index in [4.69, 9.17) is 16.6 Å². The maximum absolute atomic E-state index is 9.59. The highest BCUT2D eigenvalue weighted by Gasteiger charge is 2.12. The van der Waals surface area contributed by atoms with Crippen molar-refractivity contribution in [2.24, 2.45) is 0 Å². The molecule has 1 N–H and O–H groups in total. The Morgan fingerprint density at radius 3 is 2.37 bits per heavy atom. The van der Waals surface area contributed by atoms with Crippen molar-refractivity contribution >= 4 is 23.2 Å². The van der Waals surface area contributed by atoms with Gasteiger partial charge in [-0.15, -0.1) is 0 Å². The maximum Gasteiger partial charge on any atom is 0.141 e. The van der Waals surface area contributed by atoms with Gasteiger partial charge >= 0.3 is 0 Å². The molecule has 19 heavy (non-hydrogen) atoms. The molecular weight excluding hydrogens is 256 g/mol. The fraction of sp³-hybridized carbons (Fsp3) is 0.0625. The summed E-state index contributed by atoms with van der Waals surface area (Å²) >= 11 is 5.46. The highest BCUT2D eigenvalue weighted by molar-refractivity contribution is 7.71. The van der Waals surface area contributed by atoms with Crippen LogP contribution in [0.3, 0.4) is 0 Å². The summed E-state index contributed by atoms with van der Waals surface area (Å²) in [4.78, 5) is 0. The Morgan fingerprint density at radius 1 is 0.947 bits per heavy atom. The number of hydrogen-bond acceptors (Lipinski definition) is 3. The quantitative estimate of drug-likeness (QED) is 0.703. The van der Waals surface area contributed by atoms with Crippen LogP contribution in [-0.4, -0.2) is 5.11 Å². The minimum Gasteiger partial charge on any atom is -0.456 e. The first-order valence-electron chi connectivity index (χ1n) is 6.02. The first kappa shape index (κ1) is 12.1. The Balaban J connectivity index is 2.39. The molecule has 94 valence electrons. The van der Waals surface area contributed by atoms with Gasteiger partial charge in [0.05, 0.1) is 11.1 Å². The molecule has 3 rings (SSSR count). The standard InChI is InChI=1S/C16H12O2S/c17-10-13-15(11-6-2-1-3-7-11)18-14-9-5-4-8-12(14)16(13)19/h1-9,17H,10H2. The monoisotopic (exact) mass is 268 g/mol. The number of benzene rings is 2. The van der Waals surface area contributed by atoms with E-state index in [9.17, 15) is 5.11 Å². The van der Waals surface area contributed by atoms with Crippen molar-refractivity contribution in [1.82, 2.24) is 0 Å². The number of fused-ring (bicyclic) bond motifs is 1. The van der Waals surface area contributed by atoms with Crippen molar-refractivity contribution in [3.05, 3.63) is 64.7 Å². The van der Waals surface area contributed by atoms with Gasteiger partial charge in [-0.3, -0.25) is 0 Å². The van der Waals surface area contributed by atoms with Crippen LogP contribution in [0.1, 0.15) is 5.56 Å². The van der Waals surface area contributed by atoms with Gasteiger partial charge in [0, 0.05) is 16.5 Å². The lowest BCUT2D eigenvalue weighted by atomic mass is 10.1. The van der Waals surface area contributed by atoms with E-state index in [1.165, 1.54) is 0 Å². The topological polar surface area (TPSA) is 33.4 Å². The summed E-state index contributed by atoms with van der Waals surface area (Å²) in [5.74, 6) is 0.645. The average Bonchev–Trinajstić information content (AvgIpc) is 2.48. The molecule has 1 aromatic heterocycles. The Morgan fingerprint density at radius 2 is 1.63 bits per heavy atom. The van der Waals surface area contributed by atoms with Crippen LogP contribution in [-0.2, 0) is 6.61 Å². The molecule has 3 heteroatoms. The van der Waals surface area contributed by atoms with Gasteiger partial charge in [-0.1, -0.05) is 54.7 Å². The molecular formula is C16H12O2S. The third-order valence-electron chi connectivity index (χ3n) is 3.09. The highest BCUT2D eigenvalue weighted by Crippen LogP contribution is 2.30. The van der Waals surface area contributed by atoms with E-state index < -0.39 is 0 Å². The van der Waals surface area contributed by atoms with Gasteiger partial charge in [-0.25, -0.2) is 0 Å². The Bertz CT molecular complexity index is 776. The van der Waals surface area contributed by atoms with E-state index >= 15 is 0 Å². The smallest absolute Gasteiger partial charge is 0.141 e. The fourth-order valence-electron chi connectivity index (χ4n) is 2.15. The number of para-hydroxylation sites is 1. The van der Waals surface area contributed by atoms with Crippen LogP contribution in [0, 0.1) is 4.51 Å². The molecule has 1 heterocycles. The van der Waals surface area contributed by atoms with E-state index in [0.29, 0.717) is 15.8 Å². The van der Waals surface area contributed by atoms with Crippen LogP contribution in [0.25, 0.3) is 22.3 Å². The second-order valence-corrected chi connectivity index (χ2v) is 4.67. The maximum atomic E-state index is 9.59. The van der Waals surface area contributed by atoms with Crippen molar-refractivity contribution in [3.63, 3.8) is 0 Å². The lowest BCUT2D eigenvalue weighted by Gasteiger charge is -2.09. The molecule has 0 amide bonds. The molecule has 0 unspecified atom stereocenters. The second kappa shape index (κ2) is 4.96. The lowest BCUT2D eigenvalue weighted by Crippen LogP contribution is -1.92. The van der Waals surface area contributed by atoms with E-state index in [2.05, 4.69) is 0 Å². The van der Waals surface area contributed by atoms with Gasteiger partial charge < -0.3 is 9.52 Å². The normalized spacial score (nSPS) is 10.8. The van der Waals surface area contributed by atoms with E-state index in [-0.39, 0.29) is 6.61 Å². The molecule has 0 saturated heterocycles. The summed E-state index contributed by atoms with van der Waals surface area (Å²) in [6, 6.07) is 17.3. The van der Waals surface area contributed by atoms with Gasteiger partial charge in [0.25, 0.3) is 0 Å². The van der Waals surface area contributed by atoms with Crippen LogP contribution < -0.4 is 0 Å². The molecule has 0 aliphatic carbocycles. The van der Waals surface area contributed by atoms with Crippen LogP contribution in [0.4, 0.5) is 0 Å². The van der Waals surface area contributed by atoms with E-state index in [1.54, 1.807) is 0 Å². The molecule has 0 saturated carbocycles. The first-order valence-corrected chi connectivity index (χ1v) is 6.43. The zero-order chi connectivity index (χ0) is 13.2. The summed E-state index contributed by atoms with van der Waals surface area (Å²) in [6.45, 7) is -0.128. The zero-order valence-electron chi connectivity index (χ0n) is 10.2. The first-order chi connectivity index (χ1) is 9.31. The number of aliphatic hydroxyl groups is 1. The summed E-state index contributed by atoms with van der Waals surface area (Å²) in [6.07, 6.45) is 0. The third kappa shape index (κ3) is 2.07. The van der Waals surface area contributed by atoms with Gasteiger partial charge in [-0.05, 0) is 12.1 Å². The van der Waals surface area contributed by atoms with Gasteiger partial charge in [0.15, 0.2) is 0 Å². The molecule has 2 aromatic carbocycles. The molecule has 2 nitrogen and oxygen atoms in total. The SMILES string of the molecule is OCc1c(-c2ccccc2)oc2ccccc2c1=S. The molecule has 0 spiro atoms. The lowest BCUT2D eigenvalue weighted by molar-refractivity contribution is 0.279. The summed E-state index contributed by atoms with van der Waals surface area (Å²) in [5, 5.41) is 10.5. The minimum absolute atomic E-state index is 0.128. The van der Waals surface area contributed by atoms with Crippen LogP contribution in [0.15, 0.2) is 59.0 Å².